The predicted octanol–water partition coefficient (Wildman–Crippen LogP) is 3.14. The molecule has 146 valence electrons. The highest BCUT2D eigenvalue weighted by Gasteiger charge is 2.15. The Morgan fingerprint density at radius 2 is 1.85 bits per heavy atom. The third-order valence-corrected chi connectivity index (χ3v) is 5.66. The topological polar surface area (TPSA) is 96.0 Å². The molecule has 2 aromatic rings. The molecule has 2 amide bonds. The minimum Gasteiger partial charge on any atom is -0.355 e. The molecule has 2 rings (SSSR count). The lowest BCUT2D eigenvalue weighted by Gasteiger charge is -2.12. The van der Waals surface area contributed by atoms with E-state index in [2.05, 4.69) is 52.1 Å². The van der Waals surface area contributed by atoms with E-state index in [4.69, 9.17) is 0 Å². The Hall–Kier alpha value is -2.13. The summed E-state index contributed by atoms with van der Waals surface area (Å²) in [5.41, 5.74) is 2.22. The lowest BCUT2D eigenvalue weighted by Crippen LogP contribution is -2.45. The Morgan fingerprint density at radius 3 is 2.48 bits per heavy atom. The first-order chi connectivity index (χ1) is 12.9. The van der Waals surface area contributed by atoms with Gasteiger partial charge < -0.3 is 16.0 Å². The number of aromatic nitrogens is 2. The first-order valence-corrected chi connectivity index (χ1v) is 10.6. The molecular weight excluding hydrogens is 382 g/mol. The van der Waals surface area contributed by atoms with E-state index >= 15 is 0 Å². The number of likely N-dealkylation sites (N-methyl/N-ethyl adjacent to an activating group) is 1. The molecule has 0 bridgehead atoms. The van der Waals surface area contributed by atoms with Crippen LogP contribution in [-0.2, 0) is 9.59 Å². The molecule has 1 aromatic heterocycles. The molecule has 0 radical (unpaired) electrons. The number of amides is 2. The third kappa shape index (κ3) is 6.84. The smallest absolute Gasteiger partial charge is 0.242 e. The van der Waals surface area contributed by atoms with Gasteiger partial charge in [-0.25, -0.2) is 0 Å². The largest absolute Gasteiger partial charge is 0.355 e. The van der Waals surface area contributed by atoms with Crippen LogP contribution in [0.5, 0.6) is 0 Å². The summed E-state index contributed by atoms with van der Waals surface area (Å²) >= 11 is 2.68. The Morgan fingerprint density at radius 1 is 1.15 bits per heavy atom. The Balaban J connectivity index is 1.81. The SMILES string of the molecule is CCNC(=O)[C@@H](C)NC(=O)CSc1nnc(Nc2ccc(C(C)C)cc2)s1. The number of thioether (sulfide) groups is 1. The number of rotatable bonds is 9. The number of hydrogen-bond donors (Lipinski definition) is 3. The fraction of sp³-hybridized carbons (Fsp3) is 0.444. The van der Waals surface area contributed by atoms with Gasteiger partial charge in [-0.05, 0) is 37.5 Å². The zero-order chi connectivity index (χ0) is 19.8. The molecule has 0 spiro atoms. The predicted molar refractivity (Wildman–Crippen MR) is 111 cm³/mol. The second kappa shape index (κ2) is 10.3. The molecule has 9 heteroatoms. The van der Waals surface area contributed by atoms with Crippen LogP contribution >= 0.6 is 23.1 Å². The Labute approximate surface area is 167 Å². The number of anilines is 2. The molecule has 3 N–H and O–H groups in total. The lowest BCUT2D eigenvalue weighted by molar-refractivity contribution is -0.127. The van der Waals surface area contributed by atoms with E-state index in [1.165, 1.54) is 28.7 Å². The van der Waals surface area contributed by atoms with Crippen molar-refractivity contribution in [2.24, 2.45) is 0 Å². The van der Waals surface area contributed by atoms with Gasteiger partial charge in [-0.3, -0.25) is 9.59 Å². The third-order valence-electron chi connectivity index (χ3n) is 3.68. The fourth-order valence-corrected chi connectivity index (χ4v) is 3.78. The summed E-state index contributed by atoms with van der Waals surface area (Å²) in [5, 5.41) is 17.4. The number of hydrogen-bond acceptors (Lipinski definition) is 7. The molecule has 0 saturated heterocycles. The quantitative estimate of drug-likeness (QED) is 0.553. The van der Waals surface area contributed by atoms with Crippen LogP contribution in [0.1, 0.15) is 39.2 Å². The molecule has 0 aliphatic rings. The molecule has 27 heavy (non-hydrogen) atoms. The van der Waals surface area contributed by atoms with Gasteiger partial charge in [0, 0.05) is 12.2 Å². The van der Waals surface area contributed by atoms with Crippen LogP contribution in [0.2, 0.25) is 0 Å². The molecule has 1 aromatic carbocycles. The van der Waals surface area contributed by atoms with Gasteiger partial charge in [-0.2, -0.15) is 0 Å². The number of nitrogens with zero attached hydrogens (tertiary/aromatic N) is 2. The number of carbonyl (C=O) groups excluding carboxylic acids is 2. The van der Waals surface area contributed by atoms with E-state index in [9.17, 15) is 9.59 Å². The van der Waals surface area contributed by atoms with Crippen molar-refractivity contribution in [2.75, 3.05) is 17.6 Å². The van der Waals surface area contributed by atoms with E-state index < -0.39 is 6.04 Å². The summed E-state index contributed by atoms with van der Waals surface area (Å²) in [6, 6.07) is 7.64. The van der Waals surface area contributed by atoms with Crippen LogP contribution in [0.15, 0.2) is 28.6 Å². The van der Waals surface area contributed by atoms with E-state index in [0.717, 1.165) is 5.69 Å². The van der Waals surface area contributed by atoms with Gasteiger partial charge >= 0.3 is 0 Å². The van der Waals surface area contributed by atoms with Crippen LogP contribution in [0.3, 0.4) is 0 Å². The monoisotopic (exact) mass is 407 g/mol. The van der Waals surface area contributed by atoms with E-state index in [1.807, 2.05) is 19.1 Å². The van der Waals surface area contributed by atoms with Gasteiger partial charge in [0.1, 0.15) is 6.04 Å². The maximum atomic E-state index is 11.9. The molecule has 1 atom stereocenters. The van der Waals surface area contributed by atoms with Crippen LogP contribution in [-0.4, -0.2) is 40.4 Å². The molecule has 0 aliphatic heterocycles. The minimum atomic E-state index is -0.557. The first kappa shape index (κ1) is 21.2. The van der Waals surface area contributed by atoms with Gasteiger partial charge in [0.05, 0.1) is 5.75 Å². The van der Waals surface area contributed by atoms with Gasteiger partial charge in [0.2, 0.25) is 16.9 Å². The van der Waals surface area contributed by atoms with Gasteiger partial charge in [-0.1, -0.05) is 49.1 Å². The normalized spacial score (nSPS) is 11.9. The standard InChI is InChI=1S/C18H25N5O2S2/c1-5-19-16(25)12(4)20-15(24)10-26-18-23-22-17(27-18)21-14-8-6-13(7-9-14)11(2)3/h6-9,11-12H,5,10H2,1-4H3,(H,19,25)(H,20,24)(H,21,22)/t12-/m1/s1. The average molecular weight is 408 g/mol. The van der Waals surface area contributed by atoms with E-state index in [0.29, 0.717) is 21.9 Å². The molecular formula is C18H25N5O2S2. The van der Waals surface area contributed by atoms with Gasteiger partial charge in [-0.15, -0.1) is 10.2 Å². The minimum absolute atomic E-state index is 0.182. The first-order valence-electron chi connectivity index (χ1n) is 8.79. The van der Waals surface area contributed by atoms with Gasteiger partial charge in [0.25, 0.3) is 0 Å². The average Bonchev–Trinajstić information content (AvgIpc) is 3.08. The highest BCUT2D eigenvalue weighted by Crippen LogP contribution is 2.28. The second-order valence-corrected chi connectivity index (χ2v) is 8.45. The van der Waals surface area contributed by atoms with Crippen molar-refractivity contribution in [3.8, 4) is 0 Å². The zero-order valence-electron chi connectivity index (χ0n) is 15.9. The maximum absolute atomic E-state index is 11.9. The van der Waals surface area contributed by atoms with Crippen molar-refractivity contribution in [3.05, 3.63) is 29.8 Å². The van der Waals surface area contributed by atoms with E-state index in [-0.39, 0.29) is 17.6 Å². The summed E-state index contributed by atoms with van der Waals surface area (Å²) in [7, 11) is 0. The van der Waals surface area contributed by atoms with Crippen LogP contribution < -0.4 is 16.0 Å². The summed E-state index contributed by atoms with van der Waals surface area (Å²) in [6.45, 7) is 8.34. The van der Waals surface area contributed by atoms with Crippen LogP contribution in [0.4, 0.5) is 10.8 Å². The van der Waals surface area contributed by atoms with Crippen molar-refractivity contribution in [2.45, 2.75) is 44.0 Å². The van der Waals surface area contributed by atoms with E-state index in [1.54, 1.807) is 6.92 Å². The maximum Gasteiger partial charge on any atom is 0.242 e. The molecule has 0 aliphatic carbocycles. The van der Waals surface area contributed by atoms with Crippen molar-refractivity contribution in [1.82, 2.24) is 20.8 Å². The van der Waals surface area contributed by atoms with Gasteiger partial charge in [0.15, 0.2) is 4.34 Å². The summed E-state index contributed by atoms with van der Waals surface area (Å²) in [4.78, 5) is 23.6. The van der Waals surface area contributed by atoms with Crippen molar-refractivity contribution in [1.29, 1.82) is 0 Å². The summed E-state index contributed by atoms with van der Waals surface area (Å²) in [6.07, 6.45) is 0. The Bertz CT molecular complexity index is 761. The van der Waals surface area contributed by atoms with Crippen molar-refractivity contribution >= 4 is 45.7 Å². The Kier molecular flexibility index (Phi) is 8.05. The second-order valence-electron chi connectivity index (χ2n) is 6.25. The molecule has 0 unspecified atom stereocenters. The van der Waals surface area contributed by atoms with Crippen LogP contribution in [0.25, 0.3) is 0 Å². The highest BCUT2D eigenvalue weighted by atomic mass is 32.2. The van der Waals surface area contributed by atoms with Crippen molar-refractivity contribution < 1.29 is 9.59 Å². The number of benzene rings is 1. The number of carbonyl (C=O) groups is 2. The summed E-state index contributed by atoms with van der Waals surface area (Å²) < 4.78 is 0.692. The number of nitrogens with one attached hydrogen (secondary N) is 3. The lowest BCUT2D eigenvalue weighted by atomic mass is 10.0. The molecule has 0 fully saturated rings. The zero-order valence-corrected chi connectivity index (χ0v) is 17.5. The molecule has 0 saturated carbocycles. The molecule has 1 heterocycles. The molecule has 7 nitrogen and oxygen atoms in total. The highest BCUT2D eigenvalue weighted by molar-refractivity contribution is 8.01. The van der Waals surface area contributed by atoms with Crippen LogP contribution in [0, 0.1) is 0 Å². The van der Waals surface area contributed by atoms with Crippen molar-refractivity contribution in [3.63, 3.8) is 0 Å². The summed E-state index contributed by atoms with van der Waals surface area (Å²) in [5.74, 6) is 0.265. The fourth-order valence-electron chi connectivity index (χ4n) is 2.20.